The van der Waals surface area contributed by atoms with Gasteiger partial charge in [0.2, 0.25) is 0 Å². The van der Waals surface area contributed by atoms with E-state index in [1.54, 1.807) is 19.9 Å². The molecule has 2 N–H and O–H groups in total. The molecule has 0 unspecified atom stereocenters. The number of aromatic hydroxyl groups is 1. The number of carbonyl (C=O) groups is 2. The molecule has 0 aliphatic heterocycles. The Hall–Kier alpha value is -2.81. The summed E-state index contributed by atoms with van der Waals surface area (Å²) < 4.78 is 4.87. The number of hydrogen-bond acceptors (Lipinski definition) is 5. The van der Waals surface area contributed by atoms with Gasteiger partial charge in [-0.15, -0.1) is 0 Å². The van der Waals surface area contributed by atoms with Gasteiger partial charge in [0.1, 0.15) is 17.4 Å². The monoisotopic (exact) mass is 275 g/mol. The van der Waals surface area contributed by atoms with Gasteiger partial charge in [-0.1, -0.05) is 6.07 Å². The molecule has 0 saturated heterocycles. The zero-order valence-corrected chi connectivity index (χ0v) is 11.0. The molecule has 20 heavy (non-hydrogen) atoms. The Labute approximate surface area is 115 Å². The molecule has 0 radical (unpaired) electrons. The van der Waals surface area contributed by atoms with Crippen LogP contribution in [0.4, 0.5) is 0 Å². The number of benzene rings is 1. The average molecular weight is 275 g/mol. The zero-order valence-electron chi connectivity index (χ0n) is 11.0. The molecule has 0 spiro atoms. The largest absolute Gasteiger partial charge is 0.507 e. The molecule has 0 amide bonds. The topological polar surface area (TPSA) is 108 Å². The number of carbonyl (C=O) groups excluding carboxylic acids is 1. The van der Waals surface area contributed by atoms with E-state index in [0.29, 0.717) is 0 Å². The van der Waals surface area contributed by atoms with Crippen molar-refractivity contribution in [3.63, 3.8) is 0 Å². The highest BCUT2D eigenvalue weighted by atomic mass is 16.5. The minimum atomic E-state index is -1.18. The van der Waals surface area contributed by atoms with Crippen molar-refractivity contribution in [3.05, 3.63) is 34.9 Å². The summed E-state index contributed by atoms with van der Waals surface area (Å²) in [5.41, 5.74) is -0.216. The highest BCUT2D eigenvalue weighted by Crippen LogP contribution is 2.22. The lowest BCUT2D eigenvalue weighted by Gasteiger charge is -2.07. The summed E-state index contributed by atoms with van der Waals surface area (Å²) in [7, 11) is 0. The molecule has 0 heterocycles. The number of esters is 1. The molecular weight excluding hydrogens is 262 g/mol. The van der Waals surface area contributed by atoms with Crippen LogP contribution in [0, 0.1) is 11.3 Å². The van der Waals surface area contributed by atoms with Gasteiger partial charge in [0.05, 0.1) is 11.7 Å². The van der Waals surface area contributed by atoms with Crippen molar-refractivity contribution in [1.29, 1.82) is 5.26 Å². The third-order valence-corrected chi connectivity index (χ3v) is 2.26. The van der Waals surface area contributed by atoms with Crippen molar-refractivity contribution in [2.45, 2.75) is 20.0 Å². The van der Waals surface area contributed by atoms with Gasteiger partial charge in [0.15, 0.2) is 0 Å². The van der Waals surface area contributed by atoms with Crippen LogP contribution >= 0.6 is 0 Å². The van der Waals surface area contributed by atoms with Gasteiger partial charge >= 0.3 is 11.9 Å². The molecule has 0 atom stereocenters. The minimum absolute atomic E-state index is 0.0945. The summed E-state index contributed by atoms with van der Waals surface area (Å²) in [4.78, 5) is 22.3. The molecule has 6 nitrogen and oxygen atoms in total. The van der Waals surface area contributed by atoms with E-state index in [-0.39, 0.29) is 28.6 Å². The van der Waals surface area contributed by atoms with E-state index in [9.17, 15) is 14.7 Å². The summed E-state index contributed by atoms with van der Waals surface area (Å²) in [5, 5.41) is 27.4. The maximum Gasteiger partial charge on any atom is 0.349 e. The number of nitrogens with zero attached hydrogens (tertiary/aromatic N) is 1. The van der Waals surface area contributed by atoms with Crippen LogP contribution in [0.1, 0.15) is 29.8 Å². The zero-order chi connectivity index (χ0) is 15.3. The molecule has 0 aliphatic carbocycles. The second-order valence-electron chi connectivity index (χ2n) is 4.20. The third kappa shape index (κ3) is 3.85. The third-order valence-electron chi connectivity index (χ3n) is 2.26. The average Bonchev–Trinajstić information content (AvgIpc) is 2.36. The van der Waals surface area contributed by atoms with Crippen LogP contribution in [0.2, 0.25) is 0 Å². The Bertz CT molecular complexity index is 610. The number of phenolic OH excluding ortho intramolecular Hbond substituents is 1. The number of rotatable bonds is 4. The Morgan fingerprint density at radius 2 is 2.05 bits per heavy atom. The first kappa shape index (κ1) is 15.2. The fraction of sp³-hybridized carbons (Fsp3) is 0.214. The molecule has 0 saturated carbocycles. The Morgan fingerprint density at radius 3 is 2.50 bits per heavy atom. The van der Waals surface area contributed by atoms with E-state index in [4.69, 9.17) is 15.1 Å². The lowest BCUT2D eigenvalue weighted by atomic mass is 10.1. The predicted octanol–water partition coefficient (Wildman–Crippen LogP) is 1.95. The number of phenols is 1. The molecule has 0 aromatic heterocycles. The normalized spacial score (nSPS) is 11.0. The smallest absolute Gasteiger partial charge is 0.349 e. The summed E-state index contributed by atoms with van der Waals surface area (Å²) in [6.07, 6.45) is 0.772. The lowest BCUT2D eigenvalue weighted by molar-refractivity contribution is -0.142. The first-order valence-electron chi connectivity index (χ1n) is 5.74. The number of hydrogen-bond donors (Lipinski definition) is 2. The van der Waals surface area contributed by atoms with Crippen molar-refractivity contribution in [2.75, 3.05) is 0 Å². The fourth-order valence-corrected chi connectivity index (χ4v) is 1.37. The van der Waals surface area contributed by atoms with Gasteiger partial charge in [0.25, 0.3) is 0 Å². The number of carboxylic acids is 1. The van der Waals surface area contributed by atoms with Crippen molar-refractivity contribution in [3.8, 4) is 11.8 Å². The molecule has 1 aromatic rings. The van der Waals surface area contributed by atoms with E-state index >= 15 is 0 Å². The van der Waals surface area contributed by atoms with Crippen molar-refractivity contribution < 1.29 is 24.5 Å². The maximum atomic E-state index is 11.6. The summed E-state index contributed by atoms with van der Waals surface area (Å²) >= 11 is 0. The van der Waals surface area contributed by atoms with Crippen molar-refractivity contribution in [2.24, 2.45) is 0 Å². The molecule has 0 aliphatic rings. The number of carboxylic acid groups (broad SMARTS) is 1. The molecule has 104 valence electrons. The van der Waals surface area contributed by atoms with Crippen LogP contribution in [0.25, 0.3) is 6.08 Å². The standard InChI is InChI=1S/C14H13NO5/c1-8(2)20-14(19)11(7-15)5-9-3-4-10(13(17)18)6-12(9)16/h3-6,8,16H,1-2H3,(H,17,18)/b11-5+. The molecule has 1 aromatic carbocycles. The van der Waals surface area contributed by atoms with Crippen molar-refractivity contribution in [1.82, 2.24) is 0 Å². The first-order chi connectivity index (χ1) is 9.35. The van der Waals surface area contributed by atoms with Crippen LogP contribution in [0.5, 0.6) is 5.75 Å². The predicted molar refractivity (Wildman–Crippen MR) is 69.9 cm³/mol. The number of nitriles is 1. The minimum Gasteiger partial charge on any atom is -0.507 e. The summed E-state index contributed by atoms with van der Waals surface area (Å²) in [6.45, 7) is 3.29. The van der Waals surface area contributed by atoms with E-state index < -0.39 is 11.9 Å². The lowest BCUT2D eigenvalue weighted by Crippen LogP contribution is -2.12. The van der Waals surface area contributed by atoms with Crippen LogP contribution < -0.4 is 0 Å². The van der Waals surface area contributed by atoms with E-state index in [2.05, 4.69) is 0 Å². The number of ether oxygens (including phenoxy) is 1. The van der Waals surface area contributed by atoms with Crippen LogP contribution in [-0.4, -0.2) is 28.3 Å². The van der Waals surface area contributed by atoms with Gasteiger partial charge in [-0.2, -0.15) is 5.26 Å². The second kappa shape index (κ2) is 6.38. The van der Waals surface area contributed by atoms with E-state index in [0.717, 1.165) is 12.1 Å². The van der Waals surface area contributed by atoms with Crippen molar-refractivity contribution >= 4 is 18.0 Å². The maximum absolute atomic E-state index is 11.6. The molecule has 1 rings (SSSR count). The Morgan fingerprint density at radius 1 is 1.40 bits per heavy atom. The first-order valence-corrected chi connectivity index (χ1v) is 5.74. The SMILES string of the molecule is CC(C)OC(=O)/C(C#N)=C/c1ccc(C(=O)O)cc1O. The van der Waals surface area contributed by atoms with Gasteiger partial charge in [-0.05, 0) is 32.1 Å². The van der Waals surface area contributed by atoms with Gasteiger partial charge in [-0.25, -0.2) is 9.59 Å². The van der Waals surface area contributed by atoms with Gasteiger partial charge < -0.3 is 14.9 Å². The molecular formula is C14H13NO5. The van der Waals surface area contributed by atoms with Gasteiger partial charge in [-0.3, -0.25) is 0 Å². The van der Waals surface area contributed by atoms with E-state index in [1.807, 2.05) is 0 Å². The van der Waals surface area contributed by atoms with E-state index in [1.165, 1.54) is 12.1 Å². The highest BCUT2D eigenvalue weighted by molar-refractivity contribution is 5.98. The quantitative estimate of drug-likeness (QED) is 0.494. The summed E-state index contributed by atoms with van der Waals surface area (Å²) in [6, 6.07) is 5.28. The fourth-order valence-electron chi connectivity index (χ4n) is 1.37. The number of aromatic carboxylic acids is 1. The summed E-state index contributed by atoms with van der Waals surface area (Å²) in [5.74, 6) is -2.32. The van der Waals surface area contributed by atoms with Crippen LogP contribution in [-0.2, 0) is 9.53 Å². The van der Waals surface area contributed by atoms with Crippen LogP contribution in [0.15, 0.2) is 23.8 Å². The second-order valence-corrected chi connectivity index (χ2v) is 4.20. The Balaban J connectivity index is 3.11. The highest BCUT2D eigenvalue weighted by Gasteiger charge is 2.14. The van der Waals surface area contributed by atoms with Crippen LogP contribution in [0.3, 0.4) is 0 Å². The molecule has 6 heteroatoms. The Kier molecular flexibility index (Phi) is 4.87. The molecule has 0 bridgehead atoms. The van der Waals surface area contributed by atoms with Gasteiger partial charge in [0, 0.05) is 5.56 Å². The molecule has 0 fully saturated rings.